The highest BCUT2D eigenvalue weighted by atomic mass is 16.4. The lowest BCUT2D eigenvalue weighted by Gasteiger charge is -2.30. The van der Waals surface area contributed by atoms with Gasteiger partial charge in [0, 0.05) is 19.5 Å². The number of carboxylic acids is 1. The topological polar surface area (TPSA) is 77.9 Å². The Morgan fingerprint density at radius 3 is 2.50 bits per heavy atom. The zero-order valence-electron chi connectivity index (χ0n) is 11.0. The fourth-order valence-corrected chi connectivity index (χ4v) is 2.18. The summed E-state index contributed by atoms with van der Waals surface area (Å²) in [6.45, 7) is 4.40. The number of rotatable bonds is 6. The second kappa shape index (κ2) is 5.95. The molecular formula is C12H20N2O4. The van der Waals surface area contributed by atoms with E-state index in [1.165, 1.54) is 7.05 Å². The summed E-state index contributed by atoms with van der Waals surface area (Å²) in [6, 6.07) is -0.330. The summed E-state index contributed by atoms with van der Waals surface area (Å²) in [5.41, 5.74) is 0. The molecule has 6 heteroatoms. The fraction of sp³-hybridized carbons (Fsp3) is 0.750. The third-order valence-corrected chi connectivity index (χ3v) is 3.23. The molecule has 1 N–H and O–H groups in total. The minimum Gasteiger partial charge on any atom is -0.481 e. The Morgan fingerprint density at radius 2 is 2.11 bits per heavy atom. The van der Waals surface area contributed by atoms with Crippen LogP contribution in [-0.2, 0) is 14.4 Å². The number of aliphatic carboxylic acids is 1. The van der Waals surface area contributed by atoms with Gasteiger partial charge in [0.1, 0.15) is 0 Å². The highest BCUT2D eigenvalue weighted by Gasteiger charge is 2.40. The van der Waals surface area contributed by atoms with Crippen molar-refractivity contribution in [3.63, 3.8) is 0 Å². The summed E-state index contributed by atoms with van der Waals surface area (Å²) in [7, 11) is 1.49. The van der Waals surface area contributed by atoms with Gasteiger partial charge in [0.2, 0.25) is 11.8 Å². The molecule has 6 nitrogen and oxygen atoms in total. The Labute approximate surface area is 107 Å². The Kier molecular flexibility index (Phi) is 4.84. The lowest BCUT2D eigenvalue weighted by molar-refractivity contribution is -0.138. The van der Waals surface area contributed by atoms with E-state index in [0.717, 1.165) is 4.90 Å². The van der Waals surface area contributed by atoms with Crippen molar-refractivity contribution in [2.75, 3.05) is 13.6 Å². The van der Waals surface area contributed by atoms with Crippen molar-refractivity contribution < 1.29 is 19.5 Å². The maximum atomic E-state index is 11.9. The van der Waals surface area contributed by atoms with Crippen LogP contribution in [0.3, 0.4) is 0 Å². The van der Waals surface area contributed by atoms with Gasteiger partial charge in [-0.1, -0.05) is 0 Å². The quantitative estimate of drug-likeness (QED) is 0.692. The van der Waals surface area contributed by atoms with Gasteiger partial charge in [-0.2, -0.15) is 0 Å². The summed E-state index contributed by atoms with van der Waals surface area (Å²) >= 11 is 0. The van der Waals surface area contributed by atoms with E-state index in [4.69, 9.17) is 5.11 Å². The van der Waals surface area contributed by atoms with Crippen LogP contribution in [0.5, 0.6) is 0 Å². The number of amides is 2. The largest absolute Gasteiger partial charge is 0.481 e. The van der Waals surface area contributed by atoms with Gasteiger partial charge in [-0.05, 0) is 26.8 Å². The van der Waals surface area contributed by atoms with Crippen LogP contribution in [0.2, 0.25) is 0 Å². The lowest BCUT2D eigenvalue weighted by atomic mass is 10.1. The van der Waals surface area contributed by atoms with Crippen molar-refractivity contribution in [3.05, 3.63) is 0 Å². The lowest BCUT2D eigenvalue weighted by Crippen LogP contribution is -2.45. The van der Waals surface area contributed by atoms with Gasteiger partial charge in [0.25, 0.3) is 0 Å². The van der Waals surface area contributed by atoms with Crippen molar-refractivity contribution >= 4 is 17.8 Å². The summed E-state index contributed by atoms with van der Waals surface area (Å²) in [5, 5.41) is 8.62. The van der Waals surface area contributed by atoms with Crippen LogP contribution in [0.25, 0.3) is 0 Å². The molecule has 0 saturated carbocycles. The molecule has 1 aliphatic heterocycles. The van der Waals surface area contributed by atoms with E-state index >= 15 is 0 Å². The van der Waals surface area contributed by atoms with E-state index in [9.17, 15) is 14.4 Å². The number of carbonyl (C=O) groups excluding carboxylic acids is 2. The first kappa shape index (κ1) is 14.6. The molecule has 0 aromatic rings. The third kappa shape index (κ3) is 3.29. The first-order chi connectivity index (χ1) is 8.34. The number of carbonyl (C=O) groups is 3. The molecule has 1 fully saturated rings. The molecule has 1 saturated heterocycles. The number of nitrogens with zero attached hydrogens (tertiary/aromatic N) is 2. The molecule has 18 heavy (non-hydrogen) atoms. The molecule has 1 unspecified atom stereocenters. The molecule has 0 bridgehead atoms. The van der Waals surface area contributed by atoms with Crippen LogP contribution in [0.4, 0.5) is 0 Å². The van der Waals surface area contributed by atoms with Crippen molar-refractivity contribution in [2.24, 2.45) is 0 Å². The molecule has 0 aliphatic carbocycles. The van der Waals surface area contributed by atoms with E-state index in [-0.39, 0.29) is 30.7 Å². The number of hydrogen-bond donors (Lipinski definition) is 1. The molecule has 1 heterocycles. The summed E-state index contributed by atoms with van der Waals surface area (Å²) < 4.78 is 0. The van der Waals surface area contributed by atoms with E-state index in [1.807, 2.05) is 18.7 Å². The van der Waals surface area contributed by atoms with Crippen LogP contribution < -0.4 is 0 Å². The fourth-order valence-electron chi connectivity index (χ4n) is 2.18. The van der Waals surface area contributed by atoms with Crippen molar-refractivity contribution in [2.45, 2.75) is 45.2 Å². The van der Waals surface area contributed by atoms with Crippen LogP contribution in [0, 0.1) is 0 Å². The summed E-state index contributed by atoms with van der Waals surface area (Å²) in [5.74, 6) is -1.21. The molecule has 0 aromatic carbocycles. The zero-order valence-corrected chi connectivity index (χ0v) is 11.0. The standard InChI is InChI=1S/C12H20N2O4/c1-8(2)14(6-4-5-11(16)17)9-7-10(15)13(3)12(9)18/h8-9H,4-7H2,1-3H3,(H,16,17). The second-order valence-corrected chi connectivity index (χ2v) is 4.84. The number of likely N-dealkylation sites (tertiary alicyclic amines) is 1. The van der Waals surface area contributed by atoms with Crippen molar-refractivity contribution in [1.82, 2.24) is 9.80 Å². The van der Waals surface area contributed by atoms with E-state index < -0.39 is 12.0 Å². The van der Waals surface area contributed by atoms with Gasteiger partial charge in [-0.3, -0.25) is 24.2 Å². The monoisotopic (exact) mass is 256 g/mol. The molecule has 1 rings (SSSR count). The highest BCUT2D eigenvalue weighted by Crippen LogP contribution is 2.20. The number of carboxylic acid groups (broad SMARTS) is 1. The van der Waals surface area contributed by atoms with Crippen molar-refractivity contribution in [1.29, 1.82) is 0 Å². The van der Waals surface area contributed by atoms with Gasteiger partial charge in [0.15, 0.2) is 0 Å². The van der Waals surface area contributed by atoms with E-state index in [0.29, 0.717) is 13.0 Å². The van der Waals surface area contributed by atoms with Gasteiger partial charge >= 0.3 is 5.97 Å². The molecule has 102 valence electrons. The van der Waals surface area contributed by atoms with Crippen LogP contribution >= 0.6 is 0 Å². The minimum atomic E-state index is -0.843. The second-order valence-electron chi connectivity index (χ2n) is 4.84. The van der Waals surface area contributed by atoms with Gasteiger partial charge in [-0.15, -0.1) is 0 Å². The Morgan fingerprint density at radius 1 is 1.50 bits per heavy atom. The van der Waals surface area contributed by atoms with Crippen molar-refractivity contribution in [3.8, 4) is 0 Å². The summed E-state index contributed by atoms with van der Waals surface area (Å²) in [4.78, 5) is 36.9. The molecule has 0 spiro atoms. The maximum absolute atomic E-state index is 11.9. The number of likely N-dealkylation sites (N-methyl/N-ethyl adjacent to an activating group) is 1. The van der Waals surface area contributed by atoms with Crippen LogP contribution in [0.1, 0.15) is 33.1 Å². The first-order valence-electron chi connectivity index (χ1n) is 6.12. The van der Waals surface area contributed by atoms with Crippen LogP contribution in [0.15, 0.2) is 0 Å². The molecule has 0 radical (unpaired) electrons. The Bertz CT molecular complexity index is 354. The van der Waals surface area contributed by atoms with Gasteiger partial charge in [0.05, 0.1) is 12.5 Å². The smallest absolute Gasteiger partial charge is 0.303 e. The maximum Gasteiger partial charge on any atom is 0.303 e. The molecule has 2 amide bonds. The molecular weight excluding hydrogens is 236 g/mol. The molecule has 1 aliphatic rings. The van der Waals surface area contributed by atoms with Crippen LogP contribution in [-0.4, -0.2) is 58.4 Å². The van der Waals surface area contributed by atoms with Gasteiger partial charge in [-0.25, -0.2) is 0 Å². The Balaban J connectivity index is 2.65. The highest BCUT2D eigenvalue weighted by molar-refractivity contribution is 6.05. The summed E-state index contributed by atoms with van der Waals surface area (Å²) in [6.07, 6.45) is 0.754. The van der Waals surface area contributed by atoms with E-state index in [2.05, 4.69) is 0 Å². The average Bonchev–Trinajstić information content (AvgIpc) is 2.51. The SMILES string of the molecule is CC(C)N(CCCC(=O)O)C1CC(=O)N(C)C1=O. The molecule has 0 aromatic heterocycles. The Hall–Kier alpha value is -1.43. The zero-order chi connectivity index (χ0) is 13.9. The average molecular weight is 256 g/mol. The number of imide groups is 1. The minimum absolute atomic E-state index is 0.0773. The first-order valence-corrected chi connectivity index (χ1v) is 6.12. The van der Waals surface area contributed by atoms with E-state index in [1.54, 1.807) is 0 Å². The third-order valence-electron chi connectivity index (χ3n) is 3.23. The predicted molar refractivity (Wildman–Crippen MR) is 64.9 cm³/mol. The normalized spacial score (nSPS) is 20.3. The predicted octanol–water partition coefficient (Wildman–Crippen LogP) is 0.319. The molecule has 1 atom stereocenters. The van der Waals surface area contributed by atoms with Gasteiger partial charge < -0.3 is 5.11 Å². The number of hydrogen-bond acceptors (Lipinski definition) is 4.